The molecular weight excluding hydrogens is 214 g/mol. The molecule has 2 N–H and O–H groups in total. The molecule has 0 fully saturated rings. The number of nitrogens with zero attached hydrogens (tertiary/aromatic N) is 2. The summed E-state index contributed by atoms with van der Waals surface area (Å²) in [6.07, 6.45) is 0.626. The molecular formula is C13H17N3O. The second-order valence-electron chi connectivity index (χ2n) is 4.02. The van der Waals surface area contributed by atoms with E-state index in [1.807, 2.05) is 19.1 Å². The van der Waals surface area contributed by atoms with Gasteiger partial charge in [0.15, 0.2) is 0 Å². The molecule has 4 heteroatoms. The minimum Gasteiger partial charge on any atom is -0.340 e. The van der Waals surface area contributed by atoms with E-state index >= 15 is 0 Å². The van der Waals surface area contributed by atoms with Crippen molar-refractivity contribution in [3.05, 3.63) is 35.4 Å². The highest BCUT2D eigenvalue weighted by Gasteiger charge is 2.16. The van der Waals surface area contributed by atoms with Crippen molar-refractivity contribution in [3.63, 3.8) is 0 Å². The highest BCUT2D eigenvalue weighted by molar-refractivity contribution is 5.81. The van der Waals surface area contributed by atoms with Crippen molar-refractivity contribution < 1.29 is 4.79 Å². The van der Waals surface area contributed by atoms with Crippen molar-refractivity contribution in [2.75, 3.05) is 7.05 Å². The van der Waals surface area contributed by atoms with E-state index in [9.17, 15) is 4.79 Å². The Bertz CT molecular complexity index is 437. The Labute approximate surface area is 102 Å². The van der Waals surface area contributed by atoms with Crippen LogP contribution < -0.4 is 5.73 Å². The number of nitriles is 1. The molecule has 0 aliphatic carbocycles. The van der Waals surface area contributed by atoms with Gasteiger partial charge in [-0.2, -0.15) is 5.26 Å². The van der Waals surface area contributed by atoms with Crippen molar-refractivity contribution in [2.45, 2.75) is 25.9 Å². The van der Waals surface area contributed by atoms with Crippen LogP contribution in [0.15, 0.2) is 24.3 Å². The molecule has 1 aromatic rings. The SMILES string of the molecule is CC[C@@H](N)C(=O)N(C)Cc1cccc(C#N)c1. The normalized spacial score (nSPS) is 11.6. The monoisotopic (exact) mass is 231 g/mol. The third-order valence-corrected chi connectivity index (χ3v) is 2.61. The molecule has 17 heavy (non-hydrogen) atoms. The van der Waals surface area contributed by atoms with Gasteiger partial charge in [0, 0.05) is 13.6 Å². The number of hydrogen-bond acceptors (Lipinski definition) is 3. The Morgan fingerprint density at radius 3 is 2.88 bits per heavy atom. The molecule has 0 aliphatic rings. The summed E-state index contributed by atoms with van der Waals surface area (Å²) in [5.74, 6) is -0.0742. The molecule has 0 aromatic heterocycles. The Kier molecular flexibility index (Phi) is 4.68. The van der Waals surface area contributed by atoms with E-state index in [0.717, 1.165) is 5.56 Å². The lowest BCUT2D eigenvalue weighted by molar-refractivity contribution is -0.131. The largest absolute Gasteiger partial charge is 0.340 e. The summed E-state index contributed by atoms with van der Waals surface area (Å²) in [5.41, 5.74) is 7.22. The van der Waals surface area contributed by atoms with E-state index in [-0.39, 0.29) is 5.91 Å². The van der Waals surface area contributed by atoms with Crippen LogP contribution in [0, 0.1) is 11.3 Å². The predicted molar refractivity (Wildman–Crippen MR) is 65.9 cm³/mol. The first-order valence-electron chi connectivity index (χ1n) is 5.58. The number of benzene rings is 1. The van der Waals surface area contributed by atoms with E-state index < -0.39 is 6.04 Å². The summed E-state index contributed by atoms with van der Waals surface area (Å²) in [5, 5.41) is 8.78. The van der Waals surface area contributed by atoms with Crippen molar-refractivity contribution in [1.29, 1.82) is 5.26 Å². The first kappa shape index (κ1) is 13.2. The van der Waals surface area contributed by atoms with Crippen LogP contribution in [-0.4, -0.2) is 23.9 Å². The molecule has 1 amide bonds. The van der Waals surface area contributed by atoms with E-state index in [1.54, 1.807) is 24.1 Å². The number of hydrogen-bond donors (Lipinski definition) is 1. The fraction of sp³-hybridized carbons (Fsp3) is 0.385. The van der Waals surface area contributed by atoms with Crippen molar-refractivity contribution in [3.8, 4) is 6.07 Å². The summed E-state index contributed by atoms with van der Waals surface area (Å²) in [6.45, 7) is 2.36. The number of likely N-dealkylation sites (N-methyl/N-ethyl adjacent to an activating group) is 1. The Balaban J connectivity index is 2.71. The number of carbonyl (C=O) groups excluding carboxylic acids is 1. The minimum atomic E-state index is -0.445. The molecule has 0 saturated carbocycles. The zero-order valence-corrected chi connectivity index (χ0v) is 10.2. The first-order chi connectivity index (χ1) is 8.08. The van der Waals surface area contributed by atoms with Gasteiger partial charge in [0.1, 0.15) is 0 Å². The van der Waals surface area contributed by atoms with Crippen LogP contribution in [0.25, 0.3) is 0 Å². The van der Waals surface area contributed by atoms with Crippen molar-refractivity contribution in [2.24, 2.45) is 5.73 Å². The average Bonchev–Trinajstić information content (AvgIpc) is 2.37. The van der Waals surface area contributed by atoms with Crippen LogP contribution in [0.4, 0.5) is 0 Å². The smallest absolute Gasteiger partial charge is 0.239 e. The Morgan fingerprint density at radius 1 is 1.59 bits per heavy atom. The zero-order valence-electron chi connectivity index (χ0n) is 10.2. The molecule has 90 valence electrons. The maximum Gasteiger partial charge on any atom is 0.239 e. The molecule has 0 bridgehead atoms. The molecule has 0 radical (unpaired) electrons. The van der Waals surface area contributed by atoms with E-state index in [4.69, 9.17) is 11.0 Å². The lowest BCUT2D eigenvalue weighted by Gasteiger charge is -2.20. The van der Waals surface area contributed by atoms with Gasteiger partial charge < -0.3 is 10.6 Å². The fourth-order valence-electron chi connectivity index (χ4n) is 1.55. The second kappa shape index (κ2) is 6.02. The lowest BCUT2D eigenvalue weighted by atomic mass is 10.1. The summed E-state index contributed by atoms with van der Waals surface area (Å²) >= 11 is 0. The van der Waals surface area contributed by atoms with Crippen LogP contribution in [-0.2, 0) is 11.3 Å². The van der Waals surface area contributed by atoms with Gasteiger partial charge in [0.05, 0.1) is 17.7 Å². The van der Waals surface area contributed by atoms with Crippen LogP contribution in [0.1, 0.15) is 24.5 Å². The molecule has 1 rings (SSSR count). The van der Waals surface area contributed by atoms with Crippen LogP contribution in [0.5, 0.6) is 0 Å². The molecule has 0 aliphatic heterocycles. The van der Waals surface area contributed by atoms with Crippen LogP contribution >= 0.6 is 0 Å². The molecule has 1 atom stereocenters. The number of nitrogens with two attached hydrogens (primary N) is 1. The van der Waals surface area contributed by atoms with Gasteiger partial charge in [-0.3, -0.25) is 4.79 Å². The van der Waals surface area contributed by atoms with Gasteiger partial charge in [-0.25, -0.2) is 0 Å². The zero-order chi connectivity index (χ0) is 12.8. The quantitative estimate of drug-likeness (QED) is 0.847. The summed E-state index contributed by atoms with van der Waals surface area (Å²) in [4.78, 5) is 13.4. The molecule has 0 spiro atoms. The average molecular weight is 231 g/mol. The van der Waals surface area contributed by atoms with E-state index in [1.165, 1.54) is 0 Å². The Morgan fingerprint density at radius 2 is 2.29 bits per heavy atom. The number of carbonyl (C=O) groups is 1. The topological polar surface area (TPSA) is 70.1 Å². The molecule has 4 nitrogen and oxygen atoms in total. The van der Waals surface area contributed by atoms with Crippen molar-refractivity contribution >= 4 is 5.91 Å². The predicted octanol–water partition coefficient (Wildman–Crippen LogP) is 1.25. The van der Waals surface area contributed by atoms with Crippen LogP contribution in [0.3, 0.4) is 0 Å². The minimum absolute atomic E-state index is 0.0742. The lowest BCUT2D eigenvalue weighted by Crippen LogP contribution is -2.40. The van der Waals surface area contributed by atoms with Gasteiger partial charge in [-0.05, 0) is 24.1 Å². The molecule has 0 saturated heterocycles. The Hall–Kier alpha value is -1.86. The number of rotatable bonds is 4. The molecule has 0 unspecified atom stereocenters. The first-order valence-corrected chi connectivity index (χ1v) is 5.58. The van der Waals surface area contributed by atoms with E-state index in [2.05, 4.69) is 6.07 Å². The summed E-state index contributed by atoms with van der Waals surface area (Å²) in [6, 6.07) is 8.85. The molecule has 1 aromatic carbocycles. The standard InChI is InChI=1S/C13H17N3O/c1-3-12(15)13(17)16(2)9-11-6-4-5-10(7-11)8-14/h4-7,12H,3,9,15H2,1-2H3/t12-/m1/s1. The summed E-state index contributed by atoms with van der Waals surface area (Å²) in [7, 11) is 1.72. The second-order valence-corrected chi connectivity index (χ2v) is 4.02. The third kappa shape index (κ3) is 3.58. The maximum atomic E-state index is 11.8. The van der Waals surface area contributed by atoms with Crippen molar-refractivity contribution in [1.82, 2.24) is 4.90 Å². The maximum absolute atomic E-state index is 11.8. The highest BCUT2D eigenvalue weighted by atomic mass is 16.2. The van der Waals surface area contributed by atoms with Gasteiger partial charge in [-0.1, -0.05) is 19.1 Å². The van der Waals surface area contributed by atoms with Gasteiger partial charge in [-0.15, -0.1) is 0 Å². The van der Waals surface area contributed by atoms with Crippen LogP contribution in [0.2, 0.25) is 0 Å². The van der Waals surface area contributed by atoms with Gasteiger partial charge >= 0.3 is 0 Å². The summed E-state index contributed by atoms with van der Waals surface area (Å²) < 4.78 is 0. The highest BCUT2D eigenvalue weighted by Crippen LogP contribution is 2.07. The van der Waals surface area contributed by atoms with Gasteiger partial charge in [0.25, 0.3) is 0 Å². The number of amides is 1. The molecule has 0 heterocycles. The fourth-order valence-corrected chi connectivity index (χ4v) is 1.55. The third-order valence-electron chi connectivity index (χ3n) is 2.61. The van der Waals surface area contributed by atoms with Gasteiger partial charge in [0.2, 0.25) is 5.91 Å². The van der Waals surface area contributed by atoms with E-state index in [0.29, 0.717) is 18.5 Å².